The van der Waals surface area contributed by atoms with E-state index in [-0.39, 0.29) is 5.82 Å². The minimum absolute atomic E-state index is 0.255. The Morgan fingerprint density at radius 3 is 2.56 bits per heavy atom. The normalized spacial score (nSPS) is 11.0. The lowest BCUT2D eigenvalue weighted by Gasteiger charge is -2.04. The second-order valence-corrected chi connectivity index (χ2v) is 4.18. The van der Waals surface area contributed by atoms with Gasteiger partial charge in [-0.2, -0.15) is 0 Å². The highest BCUT2D eigenvalue weighted by Crippen LogP contribution is 2.30. The number of aromatic nitrogens is 2. The van der Waals surface area contributed by atoms with Crippen LogP contribution >= 0.6 is 0 Å². The fourth-order valence-corrected chi connectivity index (χ4v) is 2.13. The summed E-state index contributed by atoms with van der Waals surface area (Å²) in [5.74, 6) is 0.169. The molecule has 0 bridgehead atoms. The van der Waals surface area contributed by atoms with Crippen LogP contribution in [0.25, 0.3) is 22.2 Å². The largest absolute Gasteiger partial charge is 0.369 e. The third-order valence-corrected chi connectivity index (χ3v) is 3.11. The van der Waals surface area contributed by atoms with Crippen LogP contribution in [0.3, 0.4) is 0 Å². The van der Waals surface area contributed by atoms with Crippen molar-refractivity contribution in [2.24, 2.45) is 7.05 Å². The zero-order valence-corrected chi connectivity index (χ0v) is 9.89. The van der Waals surface area contributed by atoms with E-state index in [1.54, 1.807) is 16.7 Å². The first kappa shape index (κ1) is 10.8. The maximum absolute atomic E-state index is 13.8. The van der Waals surface area contributed by atoms with Gasteiger partial charge in [0.25, 0.3) is 0 Å². The van der Waals surface area contributed by atoms with Crippen LogP contribution in [-0.4, -0.2) is 9.55 Å². The van der Waals surface area contributed by atoms with E-state index >= 15 is 0 Å². The van der Waals surface area contributed by atoms with Gasteiger partial charge in [-0.15, -0.1) is 0 Å². The molecule has 4 heteroatoms. The van der Waals surface area contributed by atoms with E-state index in [0.29, 0.717) is 11.5 Å². The zero-order valence-electron chi connectivity index (χ0n) is 9.89. The number of hydrogen-bond acceptors (Lipinski definition) is 2. The summed E-state index contributed by atoms with van der Waals surface area (Å²) < 4.78 is 15.6. The van der Waals surface area contributed by atoms with Gasteiger partial charge in [0.2, 0.25) is 5.95 Å². The number of anilines is 1. The summed E-state index contributed by atoms with van der Waals surface area (Å²) in [7, 11) is 1.84. The highest BCUT2D eigenvalue weighted by Gasteiger charge is 2.12. The molecule has 0 saturated carbocycles. The van der Waals surface area contributed by atoms with Crippen LogP contribution in [0.4, 0.5) is 10.3 Å². The van der Waals surface area contributed by atoms with Crippen molar-refractivity contribution in [1.29, 1.82) is 0 Å². The number of fused-ring (bicyclic) bond motifs is 1. The van der Waals surface area contributed by atoms with E-state index in [1.165, 1.54) is 6.07 Å². The Morgan fingerprint density at radius 1 is 1.06 bits per heavy atom. The number of nitrogen functional groups attached to an aromatic ring is 1. The molecule has 0 aliphatic heterocycles. The lowest BCUT2D eigenvalue weighted by molar-refractivity contribution is 0.631. The summed E-state index contributed by atoms with van der Waals surface area (Å²) in [5, 5.41) is 0. The number of nitrogens with two attached hydrogens (primary N) is 1. The maximum atomic E-state index is 13.8. The number of para-hydroxylation sites is 1. The van der Waals surface area contributed by atoms with E-state index in [9.17, 15) is 4.39 Å². The Morgan fingerprint density at radius 2 is 1.78 bits per heavy atom. The number of benzene rings is 2. The molecular weight excluding hydrogens is 229 g/mol. The van der Waals surface area contributed by atoms with Crippen LogP contribution < -0.4 is 5.73 Å². The molecule has 0 amide bonds. The van der Waals surface area contributed by atoms with E-state index < -0.39 is 0 Å². The summed E-state index contributed by atoms with van der Waals surface area (Å²) in [5.41, 5.74) is 8.72. The third kappa shape index (κ3) is 1.46. The van der Waals surface area contributed by atoms with Gasteiger partial charge in [0.1, 0.15) is 5.82 Å². The number of rotatable bonds is 1. The maximum Gasteiger partial charge on any atom is 0.200 e. The number of hydrogen-bond donors (Lipinski definition) is 1. The van der Waals surface area contributed by atoms with Crippen LogP contribution in [0.1, 0.15) is 0 Å². The molecule has 3 aromatic rings. The van der Waals surface area contributed by atoms with Crippen molar-refractivity contribution < 1.29 is 4.39 Å². The summed E-state index contributed by atoms with van der Waals surface area (Å²) in [6.45, 7) is 0. The second-order valence-electron chi connectivity index (χ2n) is 4.18. The van der Waals surface area contributed by atoms with Crippen LogP contribution in [0, 0.1) is 5.82 Å². The Balaban J connectivity index is 2.37. The molecule has 0 spiro atoms. The minimum Gasteiger partial charge on any atom is -0.369 e. The molecule has 2 aromatic carbocycles. The molecule has 0 aliphatic rings. The molecule has 0 aliphatic carbocycles. The highest BCUT2D eigenvalue weighted by atomic mass is 19.1. The quantitative estimate of drug-likeness (QED) is 0.711. The van der Waals surface area contributed by atoms with Crippen molar-refractivity contribution in [2.75, 3.05) is 5.73 Å². The molecule has 1 heterocycles. The van der Waals surface area contributed by atoms with Gasteiger partial charge in [-0.1, -0.05) is 30.3 Å². The fraction of sp³-hybridized carbons (Fsp3) is 0.0714. The number of aryl methyl sites for hydroxylation is 1. The number of halogens is 1. The van der Waals surface area contributed by atoms with E-state index in [2.05, 4.69) is 4.98 Å². The van der Waals surface area contributed by atoms with Crippen molar-refractivity contribution in [2.45, 2.75) is 0 Å². The van der Waals surface area contributed by atoms with Crippen LogP contribution in [0.5, 0.6) is 0 Å². The molecule has 0 saturated heterocycles. The molecule has 1 aromatic heterocycles. The first-order valence-electron chi connectivity index (χ1n) is 5.64. The average molecular weight is 241 g/mol. The SMILES string of the molecule is Cn1c(N)nc2c(-c3ccccc3F)cccc21. The third-order valence-electron chi connectivity index (χ3n) is 3.11. The smallest absolute Gasteiger partial charge is 0.200 e. The standard InChI is InChI=1S/C14H12FN3/c1-18-12-8-4-6-10(13(12)17-14(18)16)9-5-2-3-7-11(9)15/h2-8H,1H3,(H2,16,17). The van der Waals surface area contributed by atoms with Crippen molar-refractivity contribution in [1.82, 2.24) is 9.55 Å². The second kappa shape index (κ2) is 3.84. The van der Waals surface area contributed by atoms with Gasteiger partial charge in [-0.3, -0.25) is 0 Å². The predicted molar refractivity (Wildman–Crippen MR) is 70.5 cm³/mol. The molecule has 18 heavy (non-hydrogen) atoms. The monoisotopic (exact) mass is 241 g/mol. The van der Waals surface area contributed by atoms with E-state index in [4.69, 9.17) is 5.73 Å². The summed E-state index contributed by atoms with van der Waals surface area (Å²) >= 11 is 0. The van der Waals surface area contributed by atoms with Gasteiger partial charge in [0.15, 0.2) is 0 Å². The van der Waals surface area contributed by atoms with Gasteiger partial charge in [-0.25, -0.2) is 9.37 Å². The first-order valence-corrected chi connectivity index (χ1v) is 5.64. The summed E-state index contributed by atoms with van der Waals surface area (Å²) in [4.78, 5) is 4.30. The Labute approximate surface area is 104 Å². The van der Waals surface area contributed by atoms with Crippen molar-refractivity contribution in [3.63, 3.8) is 0 Å². The van der Waals surface area contributed by atoms with Crippen LogP contribution in [-0.2, 0) is 7.05 Å². The van der Waals surface area contributed by atoms with E-state index in [0.717, 1.165) is 16.6 Å². The van der Waals surface area contributed by atoms with Crippen molar-refractivity contribution in [3.05, 3.63) is 48.3 Å². The molecule has 0 fully saturated rings. The average Bonchev–Trinajstić information content (AvgIpc) is 2.67. The highest BCUT2D eigenvalue weighted by molar-refractivity contribution is 5.93. The molecule has 3 nitrogen and oxygen atoms in total. The molecule has 0 unspecified atom stereocenters. The fourth-order valence-electron chi connectivity index (χ4n) is 2.13. The summed E-state index contributed by atoms with van der Waals surface area (Å²) in [6.07, 6.45) is 0. The Hall–Kier alpha value is -2.36. The number of nitrogens with zero attached hydrogens (tertiary/aromatic N) is 2. The predicted octanol–water partition coefficient (Wildman–Crippen LogP) is 2.96. The summed E-state index contributed by atoms with van der Waals surface area (Å²) in [6, 6.07) is 12.3. The Bertz CT molecular complexity index is 731. The minimum atomic E-state index is -0.255. The number of imidazole rings is 1. The molecule has 0 radical (unpaired) electrons. The lowest BCUT2D eigenvalue weighted by atomic mass is 10.0. The van der Waals surface area contributed by atoms with Gasteiger partial charge in [0.05, 0.1) is 11.0 Å². The lowest BCUT2D eigenvalue weighted by Crippen LogP contribution is -1.95. The van der Waals surface area contributed by atoms with Crippen LogP contribution in [0.2, 0.25) is 0 Å². The van der Waals surface area contributed by atoms with Gasteiger partial charge in [-0.05, 0) is 12.1 Å². The molecular formula is C14H12FN3. The first-order chi connectivity index (χ1) is 8.68. The van der Waals surface area contributed by atoms with Crippen molar-refractivity contribution >= 4 is 17.0 Å². The van der Waals surface area contributed by atoms with Crippen LogP contribution in [0.15, 0.2) is 42.5 Å². The molecule has 3 rings (SSSR count). The van der Waals surface area contributed by atoms with E-state index in [1.807, 2.05) is 31.3 Å². The Kier molecular flexibility index (Phi) is 2.30. The molecule has 2 N–H and O–H groups in total. The topological polar surface area (TPSA) is 43.8 Å². The van der Waals surface area contributed by atoms with Gasteiger partial charge < -0.3 is 10.3 Å². The molecule has 0 atom stereocenters. The zero-order chi connectivity index (χ0) is 12.7. The van der Waals surface area contributed by atoms with Gasteiger partial charge in [0, 0.05) is 18.2 Å². The van der Waals surface area contributed by atoms with Gasteiger partial charge >= 0.3 is 0 Å². The van der Waals surface area contributed by atoms with Crippen molar-refractivity contribution in [3.8, 4) is 11.1 Å². The molecule has 90 valence electrons.